The van der Waals surface area contributed by atoms with Crippen LogP contribution in [0, 0.1) is 5.92 Å². The van der Waals surface area contributed by atoms with Crippen LogP contribution in [0.1, 0.15) is 12.8 Å². The summed E-state index contributed by atoms with van der Waals surface area (Å²) in [5.74, 6) is 0.637. The van der Waals surface area contributed by atoms with Crippen molar-refractivity contribution >= 4 is 21.6 Å². The molecular formula is C11H15BrN2O. The van der Waals surface area contributed by atoms with E-state index in [0.29, 0.717) is 5.92 Å². The molecule has 1 aliphatic rings. The Morgan fingerprint density at radius 3 is 3.20 bits per heavy atom. The summed E-state index contributed by atoms with van der Waals surface area (Å²) in [5, 5.41) is 3.38. The summed E-state index contributed by atoms with van der Waals surface area (Å²) in [4.78, 5) is 4.11. The Morgan fingerprint density at radius 2 is 2.47 bits per heavy atom. The Balaban J connectivity index is 1.81. The third-order valence-electron chi connectivity index (χ3n) is 2.55. The van der Waals surface area contributed by atoms with E-state index in [9.17, 15) is 0 Å². The fraction of sp³-hybridized carbons (Fsp3) is 0.545. The normalized spacial score (nSPS) is 21.3. The van der Waals surface area contributed by atoms with Gasteiger partial charge in [0, 0.05) is 23.8 Å². The summed E-state index contributed by atoms with van der Waals surface area (Å²) < 4.78 is 6.44. The van der Waals surface area contributed by atoms with Gasteiger partial charge in [0.25, 0.3) is 0 Å². The zero-order chi connectivity index (χ0) is 10.5. The van der Waals surface area contributed by atoms with Crippen molar-refractivity contribution in [3.05, 3.63) is 22.9 Å². The van der Waals surface area contributed by atoms with E-state index in [1.165, 1.54) is 12.8 Å². The highest BCUT2D eigenvalue weighted by Gasteiger charge is 2.13. The molecule has 0 aromatic carbocycles. The molecule has 1 saturated heterocycles. The molecule has 1 N–H and O–H groups in total. The number of ether oxygens (including phenoxy) is 1. The number of hydrogen-bond acceptors (Lipinski definition) is 3. The van der Waals surface area contributed by atoms with Gasteiger partial charge in [0.15, 0.2) is 0 Å². The summed E-state index contributed by atoms with van der Waals surface area (Å²) in [6.07, 6.45) is 6.07. The van der Waals surface area contributed by atoms with Crippen molar-refractivity contribution in [3.8, 4) is 0 Å². The van der Waals surface area contributed by atoms with Crippen LogP contribution in [0.2, 0.25) is 0 Å². The fourth-order valence-corrected chi connectivity index (χ4v) is 2.10. The fourth-order valence-electron chi connectivity index (χ4n) is 1.74. The third kappa shape index (κ3) is 3.47. The summed E-state index contributed by atoms with van der Waals surface area (Å²) >= 11 is 3.40. The van der Waals surface area contributed by atoms with Crippen LogP contribution in [0.25, 0.3) is 0 Å². The highest BCUT2D eigenvalue weighted by molar-refractivity contribution is 9.10. The van der Waals surface area contributed by atoms with E-state index in [1.807, 2.05) is 12.3 Å². The number of halogens is 1. The van der Waals surface area contributed by atoms with Gasteiger partial charge in [-0.25, -0.2) is 0 Å². The summed E-state index contributed by atoms with van der Waals surface area (Å²) in [6.45, 7) is 2.78. The van der Waals surface area contributed by atoms with Crippen LogP contribution < -0.4 is 5.32 Å². The van der Waals surface area contributed by atoms with Crippen LogP contribution in [0.15, 0.2) is 22.9 Å². The molecule has 2 heterocycles. The van der Waals surface area contributed by atoms with Crippen LogP contribution in [-0.2, 0) is 4.74 Å². The average molecular weight is 271 g/mol. The first-order chi connectivity index (χ1) is 7.34. The van der Waals surface area contributed by atoms with Gasteiger partial charge in [-0.2, -0.15) is 0 Å². The molecule has 1 unspecified atom stereocenters. The smallest absolute Gasteiger partial charge is 0.0538 e. The van der Waals surface area contributed by atoms with Gasteiger partial charge in [-0.15, -0.1) is 0 Å². The molecule has 0 saturated carbocycles. The van der Waals surface area contributed by atoms with Crippen molar-refractivity contribution in [1.82, 2.24) is 4.98 Å². The molecular weight excluding hydrogens is 256 g/mol. The van der Waals surface area contributed by atoms with E-state index < -0.39 is 0 Å². The van der Waals surface area contributed by atoms with Crippen LogP contribution >= 0.6 is 15.9 Å². The van der Waals surface area contributed by atoms with E-state index in [4.69, 9.17) is 4.74 Å². The molecule has 3 nitrogen and oxygen atoms in total. The van der Waals surface area contributed by atoms with Gasteiger partial charge in [-0.3, -0.25) is 4.98 Å². The largest absolute Gasteiger partial charge is 0.383 e. The second-order valence-electron chi connectivity index (χ2n) is 3.86. The van der Waals surface area contributed by atoms with Gasteiger partial charge >= 0.3 is 0 Å². The predicted octanol–water partition coefficient (Wildman–Crippen LogP) is 2.68. The molecule has 0 bridgehead atoms. The SMILES string of the molecule is Brc1cncc(NCC2CCCOC2)c1. The van der Waals surface area contributed by atoms with Crippen molar-refractivity contribution in [2.45, 2.75) is 12.8 Å². The number of rotatable bonds is 3. The Bertz CT molecular complexity index is 313. The average Bonchev–Trinajstić information content (AvgIpc) is 2.28. The van der Waals surface area contributed by atoms with Gasteiger partial charge in [-0.1, -0.05) is 0 Å². The van der Waals surface area contributed by atoms with Crippen molar-refractivity contribution in [1.29, 1.82) is 0 Å². The second kappa shape index (κ2) is 5.47. The Morgan fingerprint density at radius 1 is 1.53 bits per heavy atom. The zero-order valence-electron chi connectivity index (χ0n) is 8.58. The number of pyridine rings is 1. The number of aromatic nitrogens is 1. The molecule has 0 amide bonds. The molecule has 0 radical (unpaired) electrons. The lowest BCUT2D eigenvalue weighted by Gasteiger charge is -2.22. The molecule has 15 heavy (non-hydrogen) atoms. The number of anilines is 1. The monoisotopic (exact) mass is 270 g/mol. The van der Waals surface area contributed by atoms with Gasteiger partial charge < -0.3 is 10.1 Å². The molecule has 1 atom stereocenters. The first-order valence-electron chi connectivity index (χ1n) is 5.27. The minimum absolute atomic E-state index is 0.637. The van der Waals surface area contributed by atoms with Crippen LogP contribution in [-0.4, -0.2) is 24.7 Å². The summed E-state index contributed by atoms with van der Waals surface area (Å²) in [5.41, 5.74) is 1.06. The Kier molecular flexibility index (Phi) is 3.97. The lowest BCUT2D eigenvalue weighted by molar-refractivity contribution is 0.0595. The maximum absolute atomic E-state index is 5.43. The Hall–Kier alpha value is -0.610. The minimum Gasteiger partial charge on any atom is -0.383 e. The quantitative estimate of drug-likeness (QED) is 0.917. The van der Waals surface area contributed by atoms with E-state index in [2.05, 4.69) is 26.2 Å². The number of nitrogens with zero attached hydrogens (tertiary/aromatic N) is 1. The Labute approximate surface area is 98.4 Å². The molecule has 1 aromatic rings. The molecule has 2 rings (SSSR count). The molecule has 1 aliphatic heterocycles. The minimum atomic E-state index is 0.637. The van der Waals surface area contributed by atoms with Crippen molar-refractivity contribution in [3.63, 3.8) is 0 Å². The summed E-state index contributed by atoms with van der Waals surface area (Å²) in [7, 11) is 0. The van der Waals surface area contributed by atoms with Crippen LogP contribution in [0.5, 0.6) is 0 Å². The molecule has 0 aliphatic carbocycles. The van der Waals surface area contributed by atoms with E-state index in [0.717, 1.165) is 29.9 Å². The number of nitrogens with one attached hydrogen (secondary N) is 1. The highest BCUT2D eigenvalue weighted by atomic mass is 79.9. The van der Waals surface area contributed by atoms with Gasteiger partial charge in [0.05, 0.1) is 18.5 Å². The second-order valence-corrected chi connectivity index (χ2v) is 4.77. The van der Waals surface area contributed by atoms with Gasteiger partial charge in [0.1, 0.15) is 0 Å². The maximum atomic E-state index is 5.43. The first-order valence-corrected chi connectivity index (χ1v) is 6.06. The molecule has 0 spiro atoms. The lowest BCUT2D eigenvalue weighted by Crippen LogP contribution is -2.24. The van der Waals surface area contributed by atoms with Gasteiger partial charge in [-0.05, 0) is 40.8 Å². The van der Waals surface area contributed by atoms with Gasteiger partial charge in [0.2, 0.25) is 0 Å². The zero-order valence-corrected chi connectivity index (χ0v) is 10.2. The molecule has 1 fully saturated rings. The number of hydrogen-bond donors (Lipinski definition) is 1. The molecule has 4 heteroatoms. The van der Waals surface area contributed by atoms with Crippen molar-refractivity contribution < 1.29 is 4.74 Å². The standard InChI is InChI=1S/C11H15BrN2O/c12-10-4-11(7-13-6-10)14-5-9-2-1-3-15-8-9/h4,6-7,9,14H,1-3,5,8H2. The van der Waals surface area contributed by atoms with Crippen LogP contribution in [0.4, 0.5) is 5.69 Å². The third-order valence-corrected chi connectivity index (χ3v) is 2.99. The van der Waals surface area contributed by atoms with Crippen molar-refractivity contribution in [2.75, 3.05) is 25.1 Å². The highest BCUT2D eigenvalue weighted by Crippen LogP contribution is 2.17. The van der Waals surface area contributed by atoms with Crippen molar-refractivity contribution in [2.24, 2.45) is 5.92 Å². The predicted molar refractivity (Wildman–Crippen MR) is 64.0 cm³/mol. The van der Waals surface area contributed by atoms with E-state index in [-0.39, 0.29) is 0 Å². The first kappa shape index (κ1) is 10.9. The topological polar surface area (TPSA) is 34.2 Å². The lowest BCUT2D eigenvalue weighted by atomic mass is 10.0. The summed E-state index contributed by atoms with van der Waals surface area (Å²) in [6, 6.07) is 2.04. The van der Waals surface area contributed by atoms with E-state index in [1.54, 1.807) is 6.20 Å². The maximum Gasteiger partial charge on any atom is 0.0538 e. The molecule has 82 valence electrons. The van der Waals surface area contributed by atoms with E-state index >= 15 is 0 Å². The van der Waals surface area contributed by atoms with Crippen LogP contribution in [0.3, 0.4) is 0 Å². The molecule has 1 aromatic heterocycles.